The smallest absolute Gasteiger partial charge is 0.336 e. The quantitative estimate of drug-likeness (QED) is 0.818. The van der Waals surface area contributed by atoms with Crippen LogP contribution in [0.15, 0.2) is 28.8 Å². The lowest BCUT2D eigenvalue weighted by molar-refractivity contribution is 0.0697. The van der Waals surface area contributed by atoms with Gasteiger partial charge in [-0.3, -0.25) is 0 Å². The van der Waals surface area contributed by atoms with Crippen LogP contribution in [-0.4, -0.2) is 27.0 Å². The second kappa shape index (κ2) is 6.38. The Morgan fingerprint density at radius 2 is 2.21 bits per heavy atom. The minimum atomic E-state index is -1.00. The van der Waals surface area contributed by atoms with Gasteiger partial charge >= 0.3 is 5.97 Å². The van der Waals surface area contributed by atoms with Crippen molar-refractivity contribution in [1.82, 2.24) is 10.1 Å². The highest BCUT2D eigenvalue weighted by Gasteiger charge is 2.16. The van der Waals surface area contributed by atoms with E-state index < -0.39 is 5.97 Å². The van der Waals surface area contributed by atoms with Gasteiger partial charge < -0.3 is 9.63 Å². The van der Waals surface area contributed by atoms with Gasteiger partial charge in [-0.15, -0.1) is 0 Å². The van der Waals surface area contributed by atoms with E-state index in [4.69, 9.17) is 9.63 Å². The fraction of sp³-hybridized carbons (Fsp3) is 0.308. The average molecular weight is 278 g/mol. The molecule has 0 radical (unpaired) electrons. The molecule has 100 valence electrons. The summed E-state index contributed by atoms with van der Waals surface area (Å²) in [7, 11) is 0. The minimum Gasteiger partial charge on any atom is -0.478 e. The number of hydrogen-bond acceptors (Lipinski definition) is 5. The summed E-state index contributed by atoms with van der Waals surface area (Å²) in [5, 5.41) is 13.0. The average Bonchev–Trinajstić information content (AvgIpc) is 2.88. The second-order valence-corrected chi connectivity index (χ2v) is 5.02. The summed E-state index contributed by atoms with van der Waals surface area (Å²) in [6.45, 7) is 2.11. The molecule has 0 saturated carbocycles. The van der Waals surface area contributed by atoms with Crippen LogP contribution in [0.2, 0.25) is 0 Å². The van der Waals surface area contributed by atoms with Crippen molar-refractivity contribution in [2.75, 3.05) is 5.75 Å². The van der Waals surface area contributed by atoms with Crippen LogP contribution in [0.25, 0.3) is 11.5 Å². The zero-order valence-corrected chi connectivity index (χ0v) is 11.3. The summed E-state index contributed by atoms with van der Waals surface area (Å²) < 4.78 is 5.13. The van der Waals surface area contributed by atoms with Crippen LogP contribution in [0, 0.1) is 0 Å². The van der Waals surface area contributed by atoms with Crippen molar-refractivity contribution in [2.45, 2.75) is 19.1 Å². The summed E-state index contributed by atoms with van der Waals surface area (Å²) in [6, 6.07) is 6.60. The first kappa shape index (κ1) is 13.6. The van der Waals surface area contributed by atoms with E-state index in [0.717, 1.165) is 12.2 Å². The highest BCUT2D eigenvalue weighted by molar-refractivity contribution is 7.98. The van der Waals surface area contributed by atoms with Crippen LogP contribution in [0.3, 0.4) is 0 Å². The molecule has 0 bridgehead atoms. The summed E-state index contributed by atoms with van der Waals surface area (Å²) in [4.78, 5) is 15.4. The molecule has 0 atom stereocenters. The number of thioether (sulfide) groups is 1. The molecule has 1 aromatic carbocycles. The van der Waals surface area contributed by atoms with E-state index >= 15 is 0 Å². The van der Waals surface area contributed by atoms with Crippen LogP contribution in [0.1, 0.15) is 29.5 Å². The number of aromatic nitrogens is 2. The molecule has 5 nitrogen and oxygen atoms in total. The third kappa shape index (κ3) is 3.35. The lowest BCUT2D eigenvalue weighted by atomic mass is 10.1. The molecule has 19 heavy (non-hydrogen) atoms. The number of rotatable bonds is 6. The maximum absolute atomic E-state index is 11.1. The Morgan fingerprint density at radius 3 is 2.95 bits per heavy atom. The van der Waals surface area contributed by atoms with Gasteiger partial charge in [0.15, 0.2) is 5.82 Å². The molecule has 1 aromatic heterocycles. The molecule has 0 spiro atoms. The molecule has 1 heterocycles. The number of carboxylic acids is 1. The van der Waals surface area contributed by atoms with Gasteiger partial charge in [0, 0.05) is 0 Å². The van der Waals surface area contributed by atoms with E-state index in [1.807, 2.05) is 0 Å². The number of carbonyl (C=O) groups is 1. The van der Waals surface area contributed by atoms with E-state index in [9.17, 15) is 4.79 Å². The van der Waals surface area contributed by atoms with E-state index in [-0.39, 0.29) is 11.5 Å². The number of hydrogen-bond donors (Lipinski definition) is 1. The van der Waals surface area contributed by atoms with E-state index in [0.29, 0.717) is 17.1 Å². The number of nitrogens with zero attached hydrogens (tertiary/aromatic N) is 2. The van der Waals surface area contributed by atoms with Gasteiger partial charge in [0.1, 0.15) is 0 Å². The van der Waals surface area contributed by atoms with Gasteiger partial charge in [0.25, 0.3) is 5.89 Å². The Bertz CT molecular complexity index is 569. The van der Waals surface area contributed by atoms with Gasteiger partial charge in [-0.2, -0.15) is 16.7 Å². The SMILES string of the molecule is CCCSCc1noc(-c2ccccc2C(=O)O)n1. The molecule has 0 fully saturated rings. The fourth-order valence-corrected chi connectivity index (χ4v) is 2.32. The first-order valence-corrected chi connectivity index (χ1v) is 7.11. The van der Waals surface area contributed by atoms with Crippen molar-refractivity contribution in [3.05, 3.63) is 35.7 Å². The number of benzene rings is 1. The standard InChI is InChI=1S/C13H14N2O3S/c1-2-7-19-8-11-14-12(18-15-11)9-5-3-4-6-10(9)13(16)17/h3-6H,2,7-8H2,1H3,(H,16,17). The lowest BCUT2D eigenvalue weighted by Gasteiger charge is -1.99. The Kier molecular flexibility index (Phi) is 4.57. The number of aromatic carboxylic acids is 1. The van der Waals surface area contributed by atoms with Crippen LogP contribution < -0.4 is 0 Å². The van der Waals surface area contributed by atoms with Crippen molar-refractivity contribution in [3.8, 4) is 11.5 Å². The first-order chi connectivity index (χ1) is 9.22. The van der Waals surface area contributed by atoms with Gasteiger partial charge in [-0.05, 0) is 24.3 Å². The van der Waals surface area contributed by atoms with E-state index in [1.54, 1.807) is 30.0 Å². The van der Waals surface area contributed by atoms with Gasteiger partial charge in [0.2, 0.25) is 0 Å². The fourth-order valence-electron chi connectivity index (χ4n) is 1.59. The topological polar surface area (TPSA) is 76.2 Å². The monoisotopic (exact) mass is 278 g/mol. The molecule has 0 unspecified atom stereocenters. The molecular formula is C13H14N2O3S. The Hall–Kier alpha value is -1.82. The summed E-state index contributed by atoms with van der Waals surface area (Å²) >= 11 is 1.72. The summed E-state index contributed by atoms with van der Waals surface area (Å²) in [5.74, 6) is 1.55. The molecule has 2 rings (SSSR count). The molecule has 2 aromatic rings. The molecule has 0 aliphatic rings. The van der Waals surface area contributed by atoms with Crippen molar-refractivity contribution in [2.24, 2.45) is 0 Å². The first-order valence-electron chi connectivity index (χ1n) is 5.95. The van der Waals surface area contributed by atoms with Crippen molar-refractivity contribution in [3.63, 3.8) is 0 Å². The molecule has 0 amide bonds. The van der Waals surface area contributed by atoms with E-state index in [1.165, 1.54) is 6.07 Å². The zero-order chi connectivity index (χ0) is 13.7. The number of carboxylic acid groups (broad SMARTS) is 1. The van der Waals surface area contributed by atoms with Crippen molar-refractivity contribution >= 4 is 17.7 Å². The largest absolute Gasteiger partial charge is 0.478 e. The predicted octanol–water partition coefficient (Wildman–Crippen LogP) is 3.08. The molecule has 0 saturated heterocycles. The molecule has 6 heteroatoms. The Balaban J connectivity index is 2.21. The maximum Gasteiger partial charge on any atom is 0.336 e. The van der Waals surface area contributed by atoms with E-state index in [2.05, 4.69) is 17.1 Å². The summed E-state index contributed by atoms with van der Waals surface area (Å²) in [6.07, 6.45) is 1.09. The lowest BCUT2D eigenvalue weighted by Crippen LogP contribution is -1.99. The van der Waals surface area contributed by atoms with Crippen LogP contribution in [0.5, 0.6) is 0 Å². The van der Waals surface area contributed by atoms with Gasteiger partial charge in [0.05, 0.1) is 16.9 Å². The van der Waals surface area contributed by atoms with Crippen LogP contribution in [0.4, 0.5) is 0 Å². The highest BCUT2D eigenvalue weighted by atomic mass is 32.2. The second-order valence-electron chi connectivity index (χ2n) is 3.92. The van der Waals surface area contributed by atoms with Crippen molar-refractivity contribution in [1.29, 1.82) is 0 Å². The molecule has 1 N–H and O–H groups in total. The van der Waals surface area contributed by atoms with Crippen molar-refractivity contribution < 1.29 is 14.4 Å². The molecule has 0 aliphatic carbocycles. The van der Waals surface area contributed by atoms with Gasteiger partial charge in [-0.1, -0.05) is 24.2 Å². The third-order valence-corrected chi connectivity index (χ3v) is 3.59. The minimum absolute atomic E-state index is 0.166. The molecule has 0 aliphatic heterocycles. The predicted molar refractivity (Wildman–Crippen MR) is 73.1 cm³/mol. The highest BCUT2D eigenvalue weighted by Crippen LogP contribution is 2.23. The maximum atomic E-state index is 11.1. The Labute approximate surface area is 115 Å². The van der Waals surface area contributed by atoms with Crippen LogP contribution in [-0.2, 0) is 5.75 Å². The zero-order valence-electron chi connectivity index (χ0n) is 10.5. The van der Waals surface area contributed by atoms with Gasteiger partial charge in [-0.25, -0.2) is 4.79 Å². The molecular weight excluding hydrogens is 264 g/mol. The van der Waals surface area contributed by atoms with Crippen LogP contribution >= 0.6 is 11.8 Å². The summed E-state index contributed by atoms with van der Waals surface area (Å²) in [5.41, 5.74) is 0.619. The normalized spacial score (nSPS) is 10.6. The Morgan fingerprint density at radius 1 is 1.42 bits per heavy atom. The third-order valence-electron chi connectivity index (χ3n) is 2.44.